The Hall–Kier alpha value is -2.29. The summed E-state index contributed by atoms with van der Waals surface area (Å²) in [6.07, 6.45) is 1.15. The van der Waals surface area contributed by atoms with Crippen LogP contribution >= 0.6 is 0 Å². The third-order valence-corrected chi connectivity index (χ3v) is 3.01. The fraction of sp³-hybridized carbons (Fsp3) is 0.188. The molecule has 0 fully saturated rings. The van der Waals surface area contributed by atoms with Crippen molar-refractivity contribution in [1.29, 1.82) is 0 Å². The molecule has 0 atom stereocenters. The summed E-state index contributed by atoms with van der Waals surface area (Å²) < 4.78 is 0. The molecule has 3 nitrogen and oxygen atoms in total. The maximum absolute atomic E-state index is 11.9. The number of carbonyl (C=O) groups excluding carboxylic acids is 1. The van der Waals surface area contributed by atoms with Crippen molar-refractivity contribution in [3.8, 4) is 0 Å². The van der Waals surface area contributed by atoms with E-state index in [1.54, 1.807) is 0 Å². The van der Waals surface area contributed by atoms with E-state index >= 15 is 0 Å². The monoisotopic (exact) mass is 254 g/mol. The fourth-order valence-electron chi connectivity index (χ4n) is 1.93. The summed E-state index contributed by atoms with van der Waals surface area (Å²) >= 11 is 0. The first kappa shape index (κ1) is 13.1. The molecule has 98 valence electrons. The first-order valence-electron chi connectivity index (χ1n) is 6.35. The van der Waals surface area contributed by atoms with Gasteiger partial charge >= 0.3 is 0 Å². The molecule has 0 heterocycles. The van der Waals surface area contributed by atoms with Crippen LogP contribution in [0, 0.1) is 6.92 Å². The molecule has 1 amide bonds. The molecule has 0 aromatic heterocycles. The Labute approximate surface area is 113 Å². The molecule has 2 rings (SSSR count). The summed E-state index contributed by atoms with van der Waals surface area (Å²) in [7, 11) is 0. The van der Waals surface area contributed by atoms with Crippen LogP contribution in [-0.4, -0.2) is 5.91 Å². The van der Waals surface area contributed by atoms with E-state index in [9.17, 15) is 4.79 Å². The molecule has 0 aliphatic rings. The lowest BCUT2D eigenvalue weighted by molar-refractivity contribution is -0.116. The van der Waals surface area contributed by atoms with Gasteiger partial charge in [-0.15, -0.1) is 0 Å². The van der Waals surface area contributed by atoms with E-state index in [0.29, 0.717) is 12.8 Å². The van der Waals surface area contributed by atoms with Crippen molar-refractivity contribution in [2.75, 3.05) is 11.1 Å². The third kappa shape index (κ3) is 3.85. The van der Waals surface area contributed by atoms with E-state index < -0.39 is 0 Å². The predicted molar refractivity (Wildman–Crippen MR) is 79.0 cm³/mol. The average molecular weight is 254 g/mol. The van der Waals surface area contributed by atoms with E-state index in [2.05, 4.69) is 5.32 Å². The number of benzene rings is 2. The normalized spacial score (nSPS) is 10.2. The summed E-state index contributed by atoms with van der Waals surface area (Å²) in [5.41, 5.74) is 9.47. The summed E-state index contributed by atoms with van der Waals surface area (Å²) in [6.45, 7) is 1.98. The summed E-state index contributed by atoms with van der Waals surface area (Å²) in [5, 5.41) is 2.92. The first-order chi connectivity index (χ1) is 9.15. The van der Waals surface area contributed by atoms with Crippen molar-refractivity contribution < 1.29 is 4.79 Å². The Balaban J connectivity index is 1.90. The predicted octanol–water partition coefficient (Wildman–Crippen LogP) is 3.15. The van der Waals surface area contributed by atoms with Crippen molar-refractivity contribution >= 4 is 17.3 Å². The van der Waals surface area contributed by atoms with Gasteiger partial charge in [-0.2, -0.15) is 0 Å². The van der Waals surface area contributed by atoms with Gasteiger partial charge in [0.05, 0.1) is 0 Å². The van der Waals surface area contributed by atoms with E-state index in [0.717, 1.165) is 22.5 Å². The molecule has 3 heteroatoms. The highest BCUT2D eigenvalue weighted by Crippen LogP contribution is 2.14. The van der Waals surface area contributed by atoms with Gasteiger partial charge in [0.15, 0.2) is 0 Å². The summed E-state index contributed by atoms with van der Waals surface area (Å²) in [4.78, 5) is 11.9. The highest BCUT2D eigenvalue weighted by atomic mass is 16.1. The zero-order valence-electron chi connectivity index (χ0n) is 11.0. The van der Waals surface area contributed by atoms with Crippen LogP contribution < -0.4 is 11.1 Å². The van der Waals surface area contributed by atoms with E-state index in [-0.39, 0.29) is 5.91 Å². The summed E-state index contributed by atoms with van der Waals surface area (Å²) in [5.74, 6) is 0.0247. The molecule has 0 aliphatic carbocycles. The highest BCUT2D eigenvalue weighted by Gasteiger charge is 2.04. The lowest BCUT2D eigenvalue weighted by Crippen LogP contribution is -2.13. The number of amides is 1. The number of para-hydroxylation sites is 1. The Morgan fingerprint density at radius 3 is 2.68 bits per heavy atom. The van der Waals surface area contributed by atoms with Gasteiger partial charge in [0.1, 0.15) is 0 Å². The minimum absolute atomic E-state index is 0.0247. The number of carbonyl (C=O) groups is 1. The smallest absolute Gasteiger partial charge is 0.224 e. The summed E-state index contributed by atoms with van der Waals surface area (Å²) in [6, 6.07) is 15.4. The number of nitrogens with one attached hydrogen (secondary N) is 1. The van der Waals surface area contributed by atoms with E-state index in [1.807, 2.05) is 55.5 Å². The molecule has 0 bridgehead atoms. The quantitative estimate of drug-likeness (QED) is 0.823. The van der Waals surface area contributed by atoms with Gasteiger partial charge in [-0.3, -0.25) is 4.79 Å². The van der Waals surface area contributed by atoms with Crippen LogP contribution in [0.4, 0.5) is 11.4 Å². The standard InChI is InChI=1S/C16H18N2O/c1-12-5-2-3-8-15(12)18-16(19)10-9-13-6-4-7-14(17)11-13/h2-8,11H,9-10,17H2,1H3,(H,18,19). The largest absolute Gasteiger partial charge is 0.399 e. The molecule has 2 aromatic rings. The van der Waals surface area contributed by atoms with Gasteiger partial charge in [-0.1, -0.05) is 30.3 Å². The van der Waals surface area contributed by atoms with Crippen LogP contribution in [0.3, 0.4) is 0 Å². The van der Waals surface area contributed by atoms with Gasteiger partial charge < -0.3 is 11.1 Å². The van der Waals surface area contributed by atoms with Gasteiger partial charge in [-0.05, 0) is 42.7 Å². The fourth-order valence-corrected chi connectivity index (χ4v) is 1.93. The molecule has 0 saturated heterocycles. The molecule has 0 spiro atoms. The lowest BCUT2D eigenvalue weighted by atomic mass is 10.1. The zero-order valence-corrected chi connectivity index (χ0v) is 11.0. The van der Waals surface area contributed by atoms with E-state index in [4.69, 9.17) is 5.73 Å². The van der Waals surface area contributed by atoms with Gasteiger partial charge in [0, 0.05) is 17.8 Å². The van der Waals surface area contributed by atoms with Crippen LogP contribution in [0.1, 0.15) is 17.5 Å². The van der Waals surface area contributed by atoms with Crippen LogP contribution in [0.25, 0.3) is 0 Å². The van der Waals surface area contributed by atoms with Crippen LogP contribution in [0.5, 0.6) is 0 Å². The van der Waals surface area contributed by atoms with Gasteiger partial charge in [0.2, 0.25) is 5.91 Å². The molecule has 0 aliphatic heterocycles. The van der Waals surface area contributed by atoms with Crippen molar-refractivity contribution in [3.63, 3.8) is 0 Å². The van der Waals surface area contributed by atoms with Crippen molar-refractivity contribution in [1.82, 2.24) is 0 Å². The van der Waals surface area contributed by atoms with Crippen molar-refractivity contribution in [3.05, 3.63) is 59.7 Å². The molecule has 2 aromatic carbocycles. The molecular formula is C16H18N2O. The molecule has 0 saturated carbocycles. The highest BCUT2D eigenvalue weighted by molar-refractivity contribution is 5.91. The number of nitrogen functional groups attached to an aromatic ring is 1. The van der Waals surface area contributed by atoms with E-state index in [1.165, 1.54) is 0 Å². The Morgan fingerprint density at radius 2 is 1.95 bits per heavy atom. The lowest BCUT2D eigenvalue weighted by Gasteiger charge is -2.08. The Bertz CT molecular complexity index is 578. The Morgan fingerprint density at radius 1 is 1.16 bits per heavy atom. The second-order valence-electron chi connectivity index (χ2n) is 4.61. The SMILES string of the molecule is Cc1ccccc1NC(=O)CCc1cccc(N)c1. The van der Waals surface area contributed by atoms with Crippen molar-refractivity contribution in [2.24, 2.45) is 0 Å². The minimum atomic E-state index is 0.0247. The topological polar surface area (TPSA) is 55.1 Å². The van der Waals surface area contributed by atoms with Crippen molar-refractivity contribution in [2.45, 2.75) is 19.8 Å². The molecule has 3 N–H and O–H groups in total. The number of nitrogens with two attached hydrogens (primary N) is 1. The Kier molecular flexibility index (Phi) is 4.18. The van der Waals surface area contributed by atoms with Gasteiger partial charge in [-0.25, -0.2) is 0 Å². The van der Waals surface area contributed by atoms with Crippen LogP contribution in [-0.2, 0) is 11.2 Å². The number of hydrogen-bond donors (Lipinski definition) is 2. The maximum Gasteiger partial charge on any atom is 0.224 e. The zero-order chi connectivity index (χ0) is 13.7. The number of aryl methyl sites for hydroxylation is 2. The van der Waals surface area contributed by atoms with Crippen LogP contribution in [0.2, 0.25) is 0 Å². The number of anilines is 2. The first-order valence-corrected chi connectivity index (χ1v) is 6.35. The number of rotatable bonds is 4. The molecule has 19 heavy (non-hydrogen) atoms. The maximum atomic E-state index is 11.9. The van der Waals surface area contributed by atoms with Gasteiger partial charge in [0.25, 0.3) is 0 Å². The second kappa shape index (κ2) is 6.05. The average Bonchev–Trinajstić information content (AvgIpc) is 2.39. The third-order valence-electron chi connectivity index (χ3n) is 3.01. The molecular weight excluding hydrogens is 236 g/mol. The number of hydrogen-bond acceptors (Lipinski definition) is 2. The molecule has 0 unspecified atom stereocenters. The molecule has 0 radical (unpaired) electrons. The second-order valence-corrected chi connectivity index (χ2v) is 4.61. The minimum Gasteiger partial charge on any atom is -0.399 e. The van der Waals surface area contributed by atoms with Crippen LogP contribution in [0.15, 0.2) is 48.5 Å².